The van der Waals surface area contributed by atoms with Crippen molar-refractivity contribution in [2.45, 2.75) is 71.1 Å². The molecule has 0 heterocycles. The van der Waals surface area contributed by atoms with E-state index in [-0.39, 0.29) is 24.8 Å². The Kier molecular flexibility index (Phi) is 17.6. The van der Waals surface area contributed by atoms with Crippen LogP contribution < -0.4 is 24.8 Å². The topological polar surface area (TPSA) is 0 Å². The van der Waals surface area contributed by atoms with E-state index in [0.717, 1.165) is 54.9 Å². The molecule has 320 valence electrons. The van der Waals surface area contributed by atoms with Crippen molar-refractivity contribution in [3.63, 3.8) is 0 Å². The average Bonchev–Trinajstić information content (AvgIpc) is 3.88. The molecular formula is C53H46Cl2F6Zr-2. The summed E-state index contributed by atoms with van der Waals surface area (Å²) in [4.78, 5) is 0. The van der Waals surface area contributed by atoms with Gasteiger partial charge in [0.1, 0.15) is 0 Å². The molecule has 0 unspecified atom stereocenters. The zero-order chi connectivity index (χ0) is 43.1. The number of rotatable bonds is 7. The van der Waals surface area contributed by atoms with Crippen LogP contribution in [0.1, 0.15) is 85.0 Å². The number of benzene rings is 6. The maximum Gasteiger partial charge on any atom is -0.0181 e. The number of fused-ring (bicyclic) bond motifs is 3. The second-order valence-corrected chi connectivity index (χ2v) is 17.2. The molecule has 0 bridgehead atoms. The number of unbranched alkanes of at least 4 members (excludes halogenated alkanes) is 1. The van der Waals surface area contributed by atoms with Gasteiger partial charge in [-0.1, -0.05) is 148 Å². The van der Waals surface area contributed by atoms with Crippen LogP contribution in [0.4, 0.5) is 26.3 Å². The Balaban J connectivity index is 0.000000211. The largest absolute Gasteiger partial charge is 1.00 e. The summed E-state index contributed by atoms with van der Waals surface area (Å²) in [5.74, 6) is 0. The van der Waals surface area contributed by atoms with E-state index >= 15 is 0 Å². The summed E-state index contributed by atoms with van der Waals surface area (Å²) in [6, 6.07) is 52.1. The molecule has 62 heavy (non-hydrogen) atoms. The van der Waals surface area contributed by atoms with Gasteiger partial charge in [0.2, 0.25) is 0 Å². The molecule has 0 amide bonds. The molecule has 0 aliphatic heterocycles. The van der Waals surface area contributed by atoms with Crippen LogP contribution in [0.5, 0.6) is 0 Å². The zero-order valence-corrected chi connectivity index (χ0v) is 38.8. The smallest absolute Gasteiger partial charge is 0.0181 e. The third kappa shape index (κ3) is 13.1. The first-order valence-corrected chi connectivity index (χ1v) is 21.2. The minimum atomic E-state index is -4.41. The van der Waals surface area contributed by atoms with Crippen LogP contribution in [0.25, 0.3) is 33.4 Å². The van der Waals surface area contributed by atoms with Crippen LogP contribution in [0.2, 0.25) is 0 Å². The molecule has 0 saturated heterocycles. The van der Waals surface area contributed by atoms with E-state index in [1.807, 2.05) is 0 Å². The fourth-order valence-electron chi connectivity index (χ4n) is 7.03. The van der Waals surface area contributed by atoms with Gasteiger partial charge in [-0.15, -0.1) is 29.3 Å². The normalized spacial score (nSPS) is 11.7. The Bertz CT molecular complexity index is 2350. The fraction of sp³-hybridized carbons (Fsp3) is 0.208. The van der Waals surface area contributed by atoms with Crippen molar-refractivity contribution in [3.8, 4) is 33.4 Å². The Hall–Kier alpha value is -4.42. The van der Waals surface area contributed by atoms with Gasteiger partial charge < -0.3 is 24.8 Å². The predicted octanol–water partition coefficient (Wildman–Crippen LogP) is 9.29. The van der Waals surface area contributed by atoms with Crippen molar-refractivity contribution in [2.24, 2.45) is 0 Å². The number of halogens is 8. The van der Waals surface area contributed by atoms with E-state index in [4.69, 9.17) is 0 Å². The van der Waals surface area contributed by atoms with Crippen LogP contribution in [0.15, 0.2) is 158 Å². The third-order valence-electron chi connectivity index (χ3n) is 10.5. The zero-order valence-electron chi connectivity index (χ0n) is 34.9. The second-order valence-electron chi connectivity index (χ2n) is 15.9. The summed E-state index contributed by atoms with van der Waals surface area (Å²) in [6.45, 7) is 9.05. The van der Waals surface area contributed by atoms with Gasteiger partial charge in [-0.25, -0.2) is 6.07 Å². The monoisotopic (exact) mass is 956 g/mol. The summed E-state index contributed by atoms with van der Waals surface area (Å²) in [6.07, 6.45) is -4.01. The van der Waals surface area contributed by atoms with Crippen LogP contribution in [0.3, 0.4) is 0 Å². The molecule has 7 aromatic carbocycles. The first-order valence-electron chi connectivity index (χ1n) is 20.0. The van der Waals surface area contributed by atoms with Gasteiger partial charge in [-0.3, -0.25) is 0 Å². The number of aryl methyl sites for hydroxylation is 1. The molecule has 0 radical (unpaired) electrons. The molecule has 0 N–H and O–H groups in total. The van der Waals surface area contributed by atoms with Gasteiger partial charge in [0.05, 0.1) is 0 Å². The van der Waals surface area contributed by atoms with Gasteiger partial charge in [0, 0.05) is 0 Å². The van der Waals surface area contributed by atoms with Crippen LogP contribution in [-0.4, -0.2) is 3.21 Å². The van der Waals surface area contributed by atoms with Crippen molar-refractivity contribution in [3.05, 3.63) is 208 Å². The van der Waals surface area contributed by atoms with E-state index < -0.39 is 23.5 Å². The van der Waals surface area contributed by atoms with Crippen molar-refractivity contribution in [1.29, 1.82) is 0 Å². The van der Waals surface area contributed by atoms with Crippen molar-refractivity contribution in [1.82, 2.24) is 0 Å². The Morgan fingerprint density at radius 2 is 1.11 bits per heavy atom. The fourth-order valence-corrected chi connectivity index (χ4v) is 7.85. The van der Waals surface area contributed by atoms with Crippen LogP contribution in [-0.2, 0) is 54.8 Å². The van der Waals surface area contributed by atoms with E-state index in [9.17, 15) is 26.3 Å². The molecule has 1 aliphatic rings. The number of hydrogen-bond acceptors (Lipinski definition) is 0. The Morgan fingerprint density at radius 3 is 1.60 bits per heavy atom. The summed E-state index contributed by atoms with van der Waals surface area (Å²) in [7, 11) is 0. The first-order chi connectivity index (χ1) is 28.5. The van der Waals surface area contributed by atoms with E-state index in [1.54, 1.807) is 0 Å². The van der Waals surface area contributed by atoms with Gasteiger partial charge >= 0.3 is 137 Å². The molecule has 1 aliphatic carbocycles. The van der Waals surface area contributed by atoms with E-state index in [1.165, 1.54) is 99.2 Å². The summed E-state index contributed by atoms with van der Waals surface area (Å²) in [5.41, 5.74) is 13.2. The molecule has 0 saturated carbocycles. The van der Waals surface area contributed by atoms with Crippen molar-refractivity contribution < 1.29 is 75.4 Å². The minimum Gasteiger partial charge on any atom is -1.00 e. The van der Waals surface area contributed by atoms with Gasteiger partial charge in [-0.2, -0.15) is 23.3 Å². The van der Waals surface area contributed by atoms with Crippen molar-refractivity contribution >= 4 is 3.21 Å². The molecule has 0 fully saturated rings. The van der Waals surface area contributed by atoms with Crippen molar-refractivity contribution in [2.75, 3.05) is 0 Å². The molecular weight excluding hydrogens is 913 g/mol. The molecule has 9 heteroatoms. The first kappa shape index (κ1) is 50.2. The predicted molar refractivity (Wildman–Crippen MR) is 230 cm³/mol. The standard InChI is InChI=1S/C25H17.C15H8F6.C13H21.2ClH.Zr/c1-3-7-18(8-4-1)20-11-13-24-22(15-20)17-23-16-21(12-14-25(23)24)19-9-5-2-6-10-19;16-14(17,18)12-5-1-10(2-6-12)9-11-3-7-13(8-4-11)15(19,20)21;1-5-6-7-11-8-9-12(10-11)13(2,3)4;;;/h1-15H,17H2;1-8H;8-10H,5-7H2,1-4H3;2*1H;/q-1;;-1;;;+2/p-2. The summed E-state index contributed by atoms with van der Waals surface area (Å²) in [5, 5.41) is 0. The summed E-state index contributed by atoms with van der Waals surface area (Å²) >= 11 is 0.898. The Morgan fingerprint density at radius 1 is 0.597 bits per heavy atom. The molecule has 0 nitrogen and oxygen atoms in total. The third-order valence-corrected chi connectivity index (χ3v) is 11.9. The number of alkyl halides is 6. The average molecular weight is 959 g/mol. The maximum atomic E-state index is 12.5. The Labute approximate surface area is 389 Å². The SMILES string of the molecule is CCCCc1cc(C(C)(C)C)c[cH-]1.FC(F)(F)c1ccc([C](=[Zr+2])c2ccc(C(F)(F)F)cc2)cc1.[Cl-].[Cl-].[c-]1c(-c2ccccc2)ccc2c1Cc1cc(-c3ccccc3)ccc1-2. The van der Waals surface area contributed by atoms with Gasteiger partial charge in [0.15, 0.2) is 0 Å². The molecule has 0 spiro atoms. The molecule has 7 aromatic rings. The van der Waals surface area contributed by atoms with Gasteiger partial charge in [-0.05, 0) is 23.1 Å². The van der Waals surface area contributed by atoms with Crippen LogP contribution >= 0.6 is 0 Å². The molecule has 0 atom stereocenters. The summed E-state index contributed by atoms with van der Waals surface area (Å²) < 4.78 is 75.6. The van der Waals surface area contributed by atoms with Gasteiger partial charge in [0.25, 0.3) is 0 Å². The number of hydrogen-bond donors (Lipinski definition) is 0. The second kappa shape index (κ2) is 21.8. The molecule has 8 rings (SSSR count). The minimum absolute atomic E-state index is 0. The van der Waals surface area contributed by atoms with E-state index in [2.05, 4.69) is 143 Å². The van der Waals surface area contributed by atoms with E-state index in [0.29, 0.717) is 19.7 Å². The molecule has 0 aromatic heterocycles. The quantitative estimate of drug-likeness (QED) is 0.111. The van der Waals surface area contributed by atoms with Crippen LogP contribution in [0, 0.1) is 6.07 Å². The maximum absolute atomic E-state index is 12.5.